The molecule has 0 aliphatic heterocycles. The first kappa shape index (κ1) is 48.3. The molecule has 0 N–H and O–H groups in total. The molecule has 1 rings (SSSR count). The zero-order valence-corrected chi connectivity index (χ0v) is 35.2. The number of carbonyl (C=O) groups is 1. The molecule has 0 amide bonds. The minimum Gasteiger partial charge on any atom is -0.490 e. The fourth-order valence-corrected chi connectivity index (χ4v) is 7.41. The predicted molar refractivity (Wildman–Crippen MR) is 226 cm³/mol. The van der Waals surface area contributed by atoms with Crippen LogP contribution >= 0.6 is 0 Å². The van der Waals surface area contributed by atoms with Gasteiger partial charge in [-0.05, 0) is 25.0 Å². The number of unbranched alkanes of at least 4 members (excludes halogenated alkanes) is 34. The average Bonchev–Trinajstić information content (AvgIpc) is 3.16. The van der Waals surface area contributed by atoms with Crippen LogP contribution in [0.4, 0.5) is 0 Å². The van der Waals surface area contributed by atoms with Gasteiger partial charge in [-0.3, -0.25) is 0 Å². The number of rotatable bonds is 41. The molecule has 0 aliphatic carbocycles. The lowest BCUT2D eigenvalue weighted by Crippen LogP contribution is -2.09. The Hall–Kier alpha value is -1.71. The first-order valence-electron chi connectivity index (χ1n) is 23.2. The second-order valence-corrected chi connectivity index (χ2v) is 15.8. The Morgan fingerprint density at radius 3 is 1.00 bits per heavy atom. The van der Waals surface area contributed by atoms with Crippen LogP contribution in [-0.4, -0.2) is 26.3 Å². The van der Waals surface area contributed by atoms with E-state index >= 15 is 0 Å². The average molecular weight is 729 g/mol. The van der Waals surface area contributed by atoms with Crippen molar-refractivity contribution in [2.24, 2.45) is 0 Å². The summed E-state index contributed by atoms with van der Waals surface area (Å²) in [6.45, 7) is 5.84. The van der Waals surface area contributed by atoms with Crippen LogP contribution in [0.1, 0.15) is 255 Å². The normalized spacial score (nSPS) is 11.3. The van der Waals surface area contributed by atoms with Crippen molar-refractivity contribution in [1.82, 2.24) is 0 Å². The fraction of sp³-hybridized carbons (Fsp3) is 0.854. The Balaban J connectivity index is 2.06. The highest BCUT2D eigenvalue weighted by Gasteiger charge is 2.18. The second kappa shape index (κ2) is 39.0. The first-order chi connectivity index (χ1) is 25.7. The summed E-state index contributed by atoms with van der Waals surface area (Å²) < 4.78 is 17.4. The van der Waals surface area contributed by atoms with E-state index in [1.54, 1.807) is 6.07 Å². The molecule has 1 aromatic carbocycles. The third-order valence-corrected chi connectivity index (χ3v) is 10.9. The summed E-state index contributed by atoms with van der Waals surface area (Å²) in [7, 11) is 1.43. The number of para-hydroxylation sites is 1. The predicted octanol–water partition coefficient (Wildman–Crippen LogP) is 16.3. The Morgan fingerprint density at radius 1 is 0.404 bits per heavy atom. The van der Waals surface area contributed by atoms with Gasteiger partial charge in [-0.2, -0.15) is 0 Å². The molecule has 0 fully saturated rings. The molecule has 0 bridgehead atoms. The van der Waals surface area contributed by atoms with Crippen molar-refractivity contribution in [2.75, 3.05) is 20.3 Å². The summed E-state index contributed by atoms with van der Waals surface area (Å²) in [5.74, 6) is 0.840. The molecule has 0 saturated heterocycles. The molecule has 0 atom stereocenters. The molecule has 0 unspecified atom stereocenters. The number of methoxy groups -OCH3 is 1. The minimum atomic E-state index is -0.369. The van der Waals surface area contributed by atoms with E-state index < -0.39 is 0 Å². The van der Waals surface area contributed by atoms with Crippen molar-refractivity contribution in [3.8, 4) is 11.5 Å². The molecule has 0 spiro atoms. The summed E-state index contributed by atoms with van der Waals surface area (Å²) in [4.78, 5) is 12.5. The number of ether oxygens (including phenoxy) is 3. The highest BCUT2D eigenvalue weighted by atomic mass is 16.5. The zero-order valence-electron chi connectivity index (χ0n) is 35.2. The molecular weight excluding hydrogens is 641 g/mol. The van der Waals surface area contributed by atoms with E-state index in [1.807, 2.05) is 12.1 Å². The van der Waals surface area contributed by atoms with Crippen LogP contribution in [-0.2, 0) is 4.74 Å². The molecule has 304 valence electrons. The van der Waals surface area contributed by atoms with E-state index in [2.05, 4.69) is 13.8 Å². The van der Waals surface area contributed by atoms with E-state index in [0.29, 0.717) is 30.3 Å². The number of esters is 1. The summed E-state index contributed by atoms with van der Waals surface area (Å²) in [5.41, 5.74) is 0.459. The fourth-order valence-electron chi connectivity index (χ4n) is 7.41. The first-order valence-corrected chi connectivity index (χ1v) is 23.2. The van der Waals surface area contributed by atoms with Crippen LogP contribution in [0.25, 0.3) is 0 Å². The summed E-state index contributed by atoms with van der Waals surface area (Å²) in [6, 6.07) is 5.56. The zero-order chi connectivity index (χ0) is 37.4. The number of hydrogen-bond acceptors (Lipinski definition) is 4. The molecule has 0 saturated carbocycles. The van der Waals surface area contributed by atoms with Gasteiger partial charge in [-0.15, -0.1) is 0 Å². The monoisotopic (exact) mass is 729 g/mol. The molecule has 0 heterocycles. The topological polar surface area (TPSA) is 44.8 Å². The van der Waals surface area contributed by atoms with Gasteiger partial charge in [0.25, 0.3) is 0 Å². The van der Waals surface area contributed by atoms with E-state index in [4.69, 9.17) is 14.2 Å². The van der Waals surface area contributed by atoms with Gasteiger partial charge < -0.3 is 14.2 Å². The molecule has 4 nitrogen and oxygen atoms in total. The van der Waals surface area contributed by atoms with E-state index in [-0.39, 0.29) is 5.97 Å². The maximum absolute atomic E-state index is 12.5. The largest absolute Gasteiger partial charge is 0.490 e. The quantitative estimate of drug-likeness (QED) is 0.0497. The van der Waals surface area contributed by atoms with Gasteiger partial charge >= 0.3 is 5.97 Å². The highest BCUT2D eigenvalue weighted by molar-refractivity contribution is 5.93. The molecule has 1 aromatic rings. The van der Waals surface area contributed by atoms with Crippen LogP contribution in [0.15, 0.2) is 18.2 Å². The maximum atomic E-state index is 12.5. The molecule has 0 radical (unpaired) electrons. The van der Waals surface area contributed by atoms with E-state index in [1.165, 1.54) is 219 Å². The van der Waals surface area contributed by atoms with Crippen molar-refractivity contribution < 1.29 is 19.0 Å². The Bertz CT molecular complexity index is 883. The highest BCUT2D eigenvalue weighted by Crippen LogP contribution is 2.32. The Morgan fingerprint density at radius 2 is 0.692 bits per heavy atom. The lowest BCUT2D eigenvalue weighted by Gasteiger charge is -2.15. The van der Waals surface area contributed by atoms with Crippen molar-refractivity contribution >= 4 is 5.97 Å². The van der Waals surface area contributed by atoms with Crippen LogP contribution in [0.3, 0.4) is 0 Å². The van der Waals surface area contributed by atoms with Crippen molar-refractivity contribution in [3.63, 3.8) is 0 Å². The number of benzene rings is 1. The van der Waals surface area contributed by atoms with Crippen LogP contribution < -0.4 is 9.47 Å². The molecule has 0 aromatic heterocycles. The van der Waals surface area contributed by atoms with Gasteiger partial charge in [-0.25, -0.2) is 4.79 Å². The number of carbonyl (C=O) groups excluding carboxylic acids is 1. The van der Waals surface area contributed by atoms with Gasteiger partial charge in [0.05, 0.1) is 20.3 Å². The summed E-state index contributed by atoms with van der Waals surface area (Å²) in [6.07, 6.45) is 49.2. The van der Waals surface area contributed by atoms with Gasteiger partial charge in [-0.1, -0.05) is 238 Å². The summed E-state index contributed by atoms with van der Waals surface area (Å²) in [5, 5.41) is 0. The van der Waals surface area contributed by atoms with Crippen LogP contribution in [0.2, 0.25) is 0 Å². The molecular formula is C48H88O4. The SMILES string of the molecule is CCCCCCCCCCCCCCCCCCCCOc1cccc(C(=O)OC)c1OCCCCCCCCCCCCCCCCCCCC. The molecule has 4 heteroatoms. The van der Waals surface area contributed by atoms with Gasteiger partial charge in [0.15, 0.2) is 11.5 Å². The lowest BCUT2D eigenvalue weighted by molar-refractivity contribution is 0.0594. The van der Waals surface area contributed by atoms with Gasteiger partial charge in [0.2, 0.25) is 0 Å². The third kappa shape index (κ3) is 29.7. The molecule has 0 aliphatic rings. The summed E-state index contributed by atoms with van der Waals surface area (Å²) >= 11 is 0. The maximum Gasteiger partial charge on any atom is 0.341 e. The number of hydrogen-bond donors (Lipinski definition) is 0. The lowest BCUT2D eigenvalue weighted by atomic mass is 10.0. The standard InChI is InChI=1S/C48H88O4/c1-4-6-8-10-12-14-16-18-20-22-24-26-28-30-32-34-36-38-43-51-46-42-40-41-45(48(49)50-3)47(46)52-44-39-37-35-33-31-29-27-25-23-21-19-17-15-13-11-9-7-5-2/h40-42H,4-39,43-44H2,1-3H3. The second-order valence-electron chi connectivity index (χ2n) is 15.8. The molecule has 52 heavy (non-hydrogen) atoms. The minimum absolute atomic E-state index is 0.369. The van der Waals surface area contributed by atoms with Crippen LogP contribution in [0, 0.1) is 0 Å². The Kier molecular flexibility index (Phi) is 36.2. The third-order valence-electron chi connectivity index (χ3n) is 10.9. The Labute approximate surface area is 324 Å². The van der Waals surface area contributed by atoms with Crippen molar-refractivity contribution in [3.05, 3.63) is 23.8 Å². The smallest absolute Gasteiger partial charge is 0.341 e. The van der Waals surface area contributed by atoms with Crippen molar-refractivity contribution in [1.29, 1.82) is 0 Å². The van der Waals surface area contributed by atoms with Crippen LogP contribution in [0.5, 0.6) is 11.5 Å². The van der Waals surface area contributed by atoms with E-state index in [9.17, 15) is 4.79 Å². The van der Waals surface area contributed by atoms with E-state index in [0.717, 1.165) is 19.3 Å². The van der Waals surface area contributed by atoms with Gasteiger partial charge in [0.1, 0.15) is 5.56 Å². The van der Waals surface area contributed by atoms with Gasteiger partial charge in [0, 0.05) is 0 Å². The van der Waals surface area contributed by atoms with Crippen molar-refractivity contribution in [2.45, 2.75) is 245 Å².